The highest BCUT2D eigenvalue weighted by molar-refractivity contribution is 6.05. The molecule has 0 spiro atoms. The van der Waals surface area contributed by atoms with Crippen molar-refractivity contribution in [1.29, 1.82) is 0 Å². The van der Waals surface area contributed by atoms with Gasteiger partial charge in [0.2, 0.25) is 0 Å². The van der Waals surface area contributed by atoms with Crippen LogP contribution in [-0.2, 0) is 13.1 Å². The van der Waals surface area contributed by atoms with Gasteiger partial charge in [-0.05, 0) is 60.0 Å². The zero-order chi connectivity index (χ0) is 27.0. The van der Waals surface area contributed by atoms with Crippen molar-refractivity contribution in [1.82, 2.24) is 9.80 Å². The largest absolute Gasteiger partial charge is 0.400 e. The third-order valence-corrected chi connectivity index (χ3v) is 6.47. The molecule has 2 aromatic carbocycles. The minimum atomic E-state index is 0.202. The van der Waals surface area contributed by atoms with Gasteiger partial charge in [-0.1, -0.05) is 69.5 Å². The van der Waals surface area contributed by atoms with Crippen LogP contribution in [0.3, 0.4) is 0 Å². The van der Waals surface area contributed by atoms with Gasteiger partial charge in [-0.3, -0.25) is 9.79 Å². The van der Waals surface area contributed by atoms with E-state index in [1.54, 1.807) is 6.08 Å². The third-order valence-electron chi connectivity index (χ3n) is 6.47. The van der Waals surface area contributed by atoms with Crippen LogP contribution >= 0.6 is 0 Å². The van der Waals surface area contributed by atoms with Gasteiger partial charge in [0.05, 0.1) is 17.1 Å². The molecule has 0 saturated carbocycles. The summed E-state index contributed by atoms with van der Waals surface area (Å²) in [6, 6.07) is 8.07. The highest BCUT2D eigenvalue weighted by Crippen LogP contribution is 2.33. The van der Waals surface area contributed by atoms with Crippen LogP contribution in [0.2, 0.25) is 0 Å². The third kappa shape index (κ3) is 5.85. The van der Waals surface area contributed by atoms with E-state index in [1.165, 1.54) is 0 Å². The van der Waals surface area contributed by atoms with E-state index < -0.39 is 0 Å². The normalized spacial score (nSPS) is 12.9. The first-order chi connectivity index (χ1) is 17.2. The number of hydrogen-bond donors (Lipinski definition) is 1. The van der Waals surface area contributed by atoms with Gasteiger partial charge in [0.1, 0.15) is 0 Å². The molecule has 190 valence electrons. The average molecular weight is 485 g/mol. The van der Waals surface area contributed by atoms with Gasteiger partial charge in [0.25, 0.3) is 0 Å². The Morgan fingerprint density at radius 3 is 1.97 bits per heavy atom. The van der Waals surface area contributed by atoms with Crippen molar-refractivity contribution < 1.29 is 4.79 Å². The molecule has 0 aliphatic carbocycles. The number of aldehydes is 1. The maximum atomic E-state index is 12.2. The molecule has 5 nitrogen and oxygen atoms in total. The van der Waals surface area contributed by atoms with E-state index in [2.05, 4.69) is 60.6 Å². The van der Waals surface area contributed by atoms with Crippen LogP contribution in [0.15, 0.2) is 83.4 Å². The highest BCUT2D eigenvalue weighted by atomic mass is 16.1. The first-order valence-electron chi connectivity index (χ1n) is 12.2. The minimum absolute atomic E-state index is 0.202. The number of carbonyl (C=O) groups is 1. The van der Waals surface area contributed by atoms with E-state index in [-0.39, 0.29) is 5.92 Å². The number of nitrogens with zero attached hydrogens (tertiary/aromatic N) is 3. The number of nitrogens with two attached hydrogens (primary N) is 1. The van der Waals surface area contributed by atoms with Gasteiger partial charge in [0.15, 0.2) is 6.29 Å². The Balaban J connectivity index is 2.72. The second-order valence-electron chi connectivity index (χ2n) is 9.12. The first-order valence-corrected chi connectivity index (χ1v) is 12.2. The van der Waals surface area contributed by atoms with Gasteiger partial charge < -0.3 is 15.5 Å². The Morgan fingerprint density at radius 1 is 0.972 bits per heavy atom. The van der Waals surface area contributed by atoms with Crippen LogP contribution in [0.1, 0.15) is 54.7 Å². The van der Waals surface area contributed by atoms with E-state index in [9.17, 15) is 4.79 Å². The van der Waals surface area contributed by atoms with E-state index in [4.69, 9.17) is 5.73 Å². The standard InChI is InChI=1S/C31H40N4O/c1-10-22-14-17-25(20-36)30-24(18-34(8)27(12-3)26(11-2)33-7)16-15-23(29(22)30)19-35(9)28(13-4)31(32)21(5)6/h10-17,20-21H,1,4,7,18-19,32H2,2-3,5-6,8-9H3/b26-11+,27-12+,31-28-. The number of likely N-dealkylation sites (N-methyl/N-ethyl adjacent to an activating group) is 2. The van der Waals surface area contributed by atoms with Gasteiger partial charge >= 0.3 is 0 Å². The quantitative estimate of drug-likeness (QED) is 0.207. The van der Waals surface area contributed by atoms with E-state index in [0.29, 0.717) is 18.7 Å². The number of fused-ring (bicyclic) bond motifs is 1. The molecule has 0 heterocycles. The monoisotopic (exact) mass is 484 g/mol. The fraction of sp³-hybridized carbons (Fsp3) is 0.290. The van der Waals surface area contributed by atoms with Gasteiger partial charge in [0, 0.05) is 38.4 Å². The molecule has 0 atom stereocenters. The molecular weight excluding hydrogens is 444 g/mol. The van der Waals surface area contributed by atoms with E-state index in [1.807, 2.05) is 58.3 Å². The van der Waals surface area contributed by atoms with Crippen LogP contribution < -0.4 is 5.73 Å². The number of hydrogen-bond acceptors (Lipinski definition) is 5. The summed E-state index contributed by atoms with van der Waals surface area (Å²) in [6.45, 7) is 21.0. The van der Waals surface area contributed by atoms with Gasteiger partial charge in [-0.25, -0.2) is 0 Å². The van der Waals surface area contributed by atoms with Crippen molar-refractivity contribution in [3.63, 3.8) is 0 Å². The van der Waals surface area contributed by atoms with Gasteiger partial charge in [-0.2, -0.15) is 0 Å². The molecular formula is C31H40N4O. The second-order valence-corrected chi connectivity index (χ2v) is 9.12. The molecule has 2 rings (SSSR count). The SMILES string of the molecule is C=C/C(=C(/N)C(C)C)N(C)Cc1ccc(CN(C)C(=C/C)/C(=C\C)N=C)c2c(C=O)ccc(C=C)c12. The summed E-state index contributed by atoms with van der Waals surface area (Å²) in [5.41, 5.74) is 13.6. The lowest BCUT2D eigenvalue weighted by Crippen LogP contribution is -2.23. The van der Waals surface area contributed by atoms with Crippen LogP contribution in [0.4, 0.5) is 0 Å². The predicted molar refractivity (Wildman–Crippen MR) is 156 cm³/mol. The molecule has 0 aromatic heterocycles. The van der Waals surface area contributed by atoms with E-state index >= 15 is 0 Å². The molecule has 0 radical (unpaired) electrons. The molecule has 0 bridgehead atoms. The fourth-order valence-corrected chi connectivity index (χ4v) is 4.58. The summed E-state index contributed by atoms with van der Waals surface area (Å²) >= 11 is 0. The smallest absolute Gasteiger partial charge is 0.150 e. The van der Waals surface area contributed by atoms with Crippen LogP contribution in [0.25, 0.3) is 16.8 Å². The second kappa shape index (κ2) is 12.7. The van der Waals surface area contributed by atoms with Crippen molar-refractivity contribution in [2.75, 3.05) is 14.1 Å². The first kappa shape index (κ1) is 28.4. The van der Waals surface area contributed by atoms with Crippen LogP contribution in [-0.4, -0.2) is 36.9 Å². The molecule has 0 aliphatic heterocycles. The summed E-state index contributed by atoms with van der Waals surface area (Å²) in [4.78, 5) is 20.6. The number of allylic oxidation sites excluding steroid dienone is 4. The maximum absolute atomic E-state index is 12.2. The maximum Gasteiger partial charge on any atom is 0.150 e. The number of carbonyl (C=O) groups excluding carboxylic acids is 1. The molecule has 0 aliphatic rings. The van der Waals surface area contributed by atoms with Crippen LogP contribution in [0, 0.1) is 5.92 Å². The zero-order valence-corrected chi connectivity index (χ0v) is 22.6. The average Bonchev–Trinajstić information content (AvgIpc) is 2.87. The van der Waals surface area contributed by atoms with Gasteiger partial charge in [-0.15, -0.1) is 0 Å². The summed E-state index contributed by atoms with van der Waals surface area (Å²) in [5, 5.41) is 1.96. The Hall–Kier alpha value is -3.86. The lowest BCUT2D eigenvalue weighted by Gasteiger charge is -2.27. The minimum Gasteiger partial charge on any atom is -0.400 e. The molecule has 0 unspecified atom stereocenters. The fourth-order valence-electron chi connectivity index (χ4n) is 4.58. The Morgan fingerprint density at radius 2 is 1.53 bits per heavy atom. The van der Waals surface area contributed by atoms with Crippen LogP contribution in [0.5, 0.6) is 0 Å². The predicted octanol–water partition coefficient (Wildman–Crippen LogP) is 6.68. The summed E-state index contributed by atoms with van der Waals surface area (Å²) in [5.74, 6) is 0.202. The van der Waals surface area contributed by atoms with Crippen molar-refractivity contribution in [2.45, 2.75) is 40.8 Å². The van der Waals surface area contributed by atoms with Crippen molar-refractivity contribution >= 4 is 29.9 Å². The topological polar surface area (TPSA) is 61.9 Å². The zero-order valence-electron chi connectivity index (χ0n) is 22.6. The highest BCUT2D eigenvalue weighted by Gasteiger charge is 2.18. The summed E-state index contributed by atoms with van der Waals surface area (Å²) in [7, 11) is 4.03. The molecule has 2 N–H and O–H groups in total. The number of aliphatic imine (C=N–C) groups is 1. The molecule has 36 heavy (non-hydrogen) atoms. The Labute approximate surface area is 216 Å². The molecule has 0 saturated heterocycles. The lowest BCUT2D eigenvalue weighted by molar-refractivity contribution is 0.112. The van der Waals surface area contributed by atoms with Crippen molar-refractivity contribution in [2.24, 2.45) is 16.6 Å². The number of benzene rings is 2. The molecule has 0 fully saturated rings. The lowest BCUT2D eigenvalue weighted by atomic mass is 9.91. The molecule has 0 amide bonds. The Kier molecular flexibility index (Phi) is 10.0. The molecule has 5 heteroatoms. The summed E-state index contributed by atoms with van der Waals surface area (Å²) in [6.07, 6.45) is 8.54. The van der Waals surface area contributed by atoms with Crippen molar-refractivity contribution in [3.05, 3.63) is 101 Å². The van der Waals surface area contributed by atoms with E-state index in [0.717, 1.165) is 56.5 Å². The summed E-state index contributed by atoms with van der Waals surface area (Å²) < 4.78 is 0. The Bertz CT molecular complexity index is 1250. The molecule has 2 aromatic rings. The van der Waals surface area contributed by atoms with Crippen molar-refractivity contribution in [3.8, 4) is 0 Å². The number of rotatable bonds is 12.